The van der Waals surface area contributed by atoms with Crippen molar-refractivity contribution in [2.75, 3.05) is 19.5 Å². The SMILES string of the molecule is COc1ccc(NC(=O)NCc2ccccc2)c(OC)c1C. The number of rotatable bonds is 5. The summed E-state index contributed by atoms with van der Waals surface area (Å²) < 4.78 is 10.6. The van der Waals surface area contributed by atoms with Crippen molar-refractivity contribution in [1.82, 2.24) is 5.32 Å². The fourth-order valence-corrected chi connectivity index (χ4v) is 2.20. The molecule has 2 N–H and O–H groups in total. The first-order valence-electron chi connectivity index (χ1n) is 6.96. The number of carbonyl (C=O) groups is 1. The summed E-state index contributed by atoms with van der Waals surface area (Å²) in [6.45, 7) is 2.34. The third kappa shape index (κ3) is 3.69. The third-order valence-electron chi connectivity index (χ3n) is 3.32. The van der Waals surface area contributed by atoms with Gasteiger partial charge in [0.15, 0.2) is 0 Å². The Kier molecular flexibility index (Phi) is 5.25. The van der Waals surface area contributed by atoms with Crippen molar-refractivity contribution >= 4 is 11.7 Å². The Hall–Kier alpha value is -2.69. The molecule has 2 amide bonds. The summed E-state index contributed by atoms with van der Waals surface area (Å²) in [7, 11) is 3.16. The predicted molar refractivity (Wildman–Crippen MR) is 86.6 cm³/mol. The Bertz CT molecular complexity index is 642. The van der Waals surface area contributed by atoms with Gasteiger partial charge in [-0.3, -0.25) is 0 Å². The molecule has 0 unspecified atom stereocenters. The molecule has 0 fully saturated rings. The van der Waals surface area contributed by atoms with Gasteiger partial charge >= 0.3 is 6.03 Å². The zero-order valence-corrected chi connectivity index (χ0v) is 13.0. The molecule has 0 spiro atoms. The fourth-order valence-electron chi connectivity index (χ4n) is 2.20. The summed E-state index contributed by atoms with van der Waals surface area (Å²) in [5, 5.41) is 5.60. The van der Waals surface area contributed by atoms with Gasteiger partial charge in [-0.25, -0.2) is 4.79 Å². The lowest BCUT2D eigenvalue weighted by Gasteiger charge is -2.15. The first-order valence-corrected chi connectivity index (χ1v) is 6.96. The van der Waals surface area contributed by atoms with Gasteiger partial charge in [0, 0.05) is 12.1 Å². The van der Waals surface area contributed by atoms with Crippen LogP contribution in [0.3, 0.4) is 0 Å². The van der Waals surface area contributed by atoms with Gasteiger partial charge in [-0.05, 0) is 24.6 Å². The van der Waals surface area contributed by atoms with E-state index < -0.39 is 0 Å². The number of urea groups is 1. The van der Waals surface area contributed by atoms with Crippen LogP contribution in [0, 0.1) is 6.92 Å². The number of anilines is 1. The smallest absolute Gasteiger partial charge is 0.319 e. The minimum absolute atomic E-state index is 0.285. The maximum Gasteiger partial charge on any atom is 0.319 e. The summed E-state index contributed by atoms with van der Waals surface area (Å²) in [5.74, 6) is 1.31. The van der Waals surface area contributed by atoms with Crippen LogP contribution in [0.1, 0.15) is 11.1 Å². The standard InChI is InChI=1S/C17H20N2O3/c1-12-15(21-2)10-9-14(16(12)22-3)19-17(20)18-11-13-7-5-4-6-8-13/h4-10H,11H2,1-3H3,(H2,18,19,20). The number of carbonyl (C=O) groups excluding carboxylic acids is 1. The molecule has 5 heteroatoms. The molecule has 2 aromatic rings. The number of benzene rings is 2. The number of methoxy groups -OCH3 is 2. The van der Waals surface area contributed by atoms with Gasteiger partial charge < -0.3 is 20.1 Å². The van der Waals surface area contributed by atoms with Crippen LogP contribution in [0.4, 0.5) is 10.5 Å². The highest BCUT2D eigenvalue weighted by atomic mass is 16.5. The monoisotopic (exact) mass is 300 g/mol. The van der Waals surface area contributed by atoms with Gasteiger partial charge in [0.05, 0.1) is 19.9 Å². The number of nitrogens with one attached hydrogen (secondary N) is 2. The molecule has 0 atom stereocenters. The minimum Gasteiger partial charge on any atom is -0.496 e. The predicted octanol–water partition coefficient (Wildman–Crippen LogP) is 3.33. The van der Waals surface area contributed by atoms with E-state index in [1.165, 1.54) is 0 Å². The van der Waals surface area contributed by atoms with Crippen molar-refractivity contribution in [3.8, 4) is 11.5 Å². The highest BCUT2D eigenvalue weighted by Gasteiger charge is 2.13. The topological polar surface area (TPSA) is 59.6 Å². The summed E-state index contributed by atoms with van der Waals surface area (Å²) in [4.78, 5) is 12.0. The lowest BCUT2D eigenvalue weighted by Crippen LogP contribution is -2.28. The van der Waals surface area contributed by atoms with Gasteiger partial charge in [0.1, 0.15) is 11.5 Å². The Balaban J connectivity index is 2.04. The van der Waals surface area contributed by atoms with Crippen molar-refractivity contribution < 1.29 is 14.3 Å². The van der Waals surface area contributed by atoms with E-state index in [0.717, 1.165) is 11.1 Å². The second kappa shape index (κ2) is 7.36. The molecule has 0 aliphatic rings. The molecule has 0 radical (unpaired) electrons. The minimum atomic E-state index is -0.285. The molecule has 2 aromatic carbocycles. The van der Waals surface area contributed by atoms with E-state index >= 15 is 0 Å². The lowest BCUT2D eigenvalue weighted by atomic mass is 10.1. The van der Waals surface area contributed by atoms with E-state index in [1.807, 2.05) is 37.3 Å². The van der Waals surface area contributed by atoms with Crippen LogP contribution in [0.5, 0.6) is 11.5 Å². The zero-order valence-electron chi connectivity index (χ0n) is 13.0. The summed E-state index contributed by atoms with van der Waals surface area (Å²) >= 11 is 0. The maximum absolute atomic E-state index is 12.0. The quantitative estimate of drug-likeness (QED) is 0.890. The largest absolute Gasteiger partial charge is 0.496 e. The van der Waals surface area contributed by atoms with Gasteiger partial charge in [-0.1, -0.05) is 30.3 Å². The molecule has 0 saturated carbocycles. The Morgan fingerprint density at radius 1 is 1.05 bits per heavy atom. The van der Waals surface area contributed by atoms with E-state index in [4.69, 9.17) is 9.47 Å². The molecular formula is C17H20N2O3. The van der Waals surface area contributed by atoms with Crippen LogP contribution < -0.4 is 20.1 Å². The third-order valence-corrected chi connectivity index (χ3v) is 3.32. The van der Waals surface area contributed by atoms with Crippen LogP contribution in [0.2, 0.25) is 0 Å². The highest BCUT2D eigenvalue weighted by molar-refractivity contribution is 5.91. The normalized spacial score (nSPS) is 9.95. The number of hydrogen-bond acceptors (Lipinski definition) is 3. The molecule has 0 bridgehead atoms. The van der Waals surface area contributed by atoms with Crippen molar-refractivity contribution in [3.63, 3.8) is 0 Å². The summed E-state index contributed by atoms with van der Waals surface area (Å²) in [6, 6.07) is 13.0. The molecule has 5 nitrogen and oxygen atoms in total. The van der Waals surface area contributed by atoms with E-state index in [-0.39, 0.29) is 6.03 Å². The molecule has 0 saturated heterocycles. The maximum atomic E-state index is 12.0. The Morgan fingerprint density at radius 3 is 2.41 bits per heavy atom. The number of ether oxygens (including phenoxy) is 2. The molecule has 0 aliphatic carbocycles. The molecular weight excluding hydrogens is 280 g/mol. The van der Waals surface area contributed by atoms with Crippen molar-refractivity contribution in [2.45, 2.75) is 13.5 Å². The molecule has 22 heavy (non-hydrogen) atoms. The van der Waals surface area contributed by atoms with E-state index in [1.54, 1.807) is 26.4 Å². The number of hydrogen-bond donors (Lipinski definition) is 2. The van der Waals surface area contributed by atoms with Crippen molar-refractivity contribution in [3.05, 3.63) is 53.6 Å². The van der Waals surface area contributed by atoms with E-state index in [9.17, 15) is 4.79 Å². The van der Waals surface area contributed by atoms with Gasteiger partial charge in [0.25, 0.3) is 0 Å². The Labute approximate surface area is 130 Å². The van der Waals surface area contributed by atoms with E-state index in [0.29, 0.717) is 23.7 Å². The molecule has 0 heterocycles. The van der Waals surface area contributed by atoms with Crippen LogP contribution in [-0.2, 0) is 6.54 Å². The van der Waals surface area contributed by atoms with E-state index in [2.05, 4.69) is 10.6 Å². The average Bonchev–Trinajstić information content (AvgIpc) is 2.54. The molecule has 116 valence electrons. The van der Waals surface area contributed by atoms with Crippen molar-refractivity contribution in [2.24, 2.45) is 0 Å². The van der Waals surface area contributed by atoms with Crippen molar-refractivity contribution in [1.29, 1.82) is 0 Å². The second-order valence-electron chi connectivity index (χ2n) is 4.77. The molecule has 0 aromatic heterocycles. The highest BCUT2D eigenvalue weighted by Crippen LogP contribution is 2.34. The van der Waals surface area contributed by atoms with Crippen LogP contribution in [-0.4, -0.2) is 20.3 Å². The van der Waals surface area contributed by atoms with Gasteiger partial charge in [-0.2, -0.15) is 0 Å². The first kappa shape index (κ1) is 15.7. The number of amides is 2. The van der Waals surface area contributed by atoms with Gasteiger partial charge in [-0.15, -0.1) is 0 Å². The second-order valence-corrected chi connectivity index (χ2v) is 4.77. The average molecular weight is 300 g/mol. The first-order chi connectivity index (χ1) is 10.7. The lowest BCUT2D eigenvalue weighted by molar-refractivity contribution is 0.251. The summed E-state index contributed by atoms with van der Waals surface area (Å²) in [6.07, 6.45) is 0. The molecule has 0 aliphatic heterocycles. The fraction of sp³-hybridized carbons (Fsp3) is 0.235. The Morgan fingerprint density at radius 2 is 1.77 bits per heavy atom. The van der Waals surface area contributed by atoms with Crippen LogP contribution >= 0.6 is 0 Å². The zero-order chi connectivity index (χ0) is 15.9. The van der Waals surface area contributed by atoms with Crippen LogP contribution in [0.25, 0.3) is 0 Å². The summed E-state index contributed by atoms with van der Waals surface area (Å²) in [5.41, 5.74) is 2.48. The van der Waals surface area contributed by atoms with Gasteiger partial charge in [0.2, 0.25) is 0 Å². The molecule has 2 rings (SSSR count). The van der Waals surface area contributed by atoms with Crippen LogP contribution in [0.15, 0.2) is 42.5 Å².